The van der Waals surface area contributed by atoms with Crippen molar-refractivity contribution in [1.82, 2.24) is 5.32 Å². The van der Waals surface area contributed by atoms with Crippen molar-refractivity contribution >= 4 is 5.97 Å². The van der Waals surface area contributed by atoms with Gasteiger partial charge in [-0.2, -0.15) is 0 Å². The van der Waals surface area contributed by atoms with Crippen molar-refractivity contribution < 1.29 is 14.3 Å². The molecule has 1 saturated heterocycles. The Morgan fingerprint density at radius 2 is 2.11 bits per heavy atom. The molecule has 2 atom stereocenters. The highest BCUT2D eigenvalue weighted by atomic mass is 16.5. The van der Waals surface area contributed by atoms with Crippen LogP contribution in [-0.2, 0) is 14.3 Å². The lowest BCUT2D eigenvalue weighted by molar-refractivity contribution is -0.146. The van der Waals surface area contributed by atoms with E-state index in [0.717, 1.165) is 32.3 Å². The molecule has 0 aromatic rings. The van der Waals surface area contributed by atoms with Crippen LogP contribution in [0, 0.1) is 0 Å². The highest BCUT2D eigenvalue weighted by Crippen LogP contribution is 2.31. The van der Waals surface area contributed by atoms with Crippen molar-refractivity contribution in [3.05, 3.63) is 0 Å². The highest BCUT2D eigenvalue weighted by Gasteiger charge is 2.35. The second kappa shape index (κ2) is 7.10. The molecule has 0 aliphatic carbocycles. The quantitative estimate of drug-likeness (QED) is 0.742. The van der Waals surface area contributed by atoms with E-state index < -0.39 is 0 Å². The summed E-state index contributed by atoms with van der Waals surface area (Å²) in [7, 11) is 0. The van der Waals surface area contributed by atoms with E-state index in [0.29, 0.717) is 12.6 Å². The minimum atomic E-state index is -0.237. The topological polar surface area (TPSA) is 47.6 Å². The third-order valence-electron chi connectivity index (χ3n) is 3.91. The van der Waals surface area contributed by atoms with E-state index in [4.69, 9.17) is 9.47 Å². The number of carbonyl (C=O) groups is 1. The van der Waals surface area contributed by atoms with Crippen molar-refractivity contribution in [2.75, 3.05) is 13.2 Å². The van der Waals surface area contributed by atoms with Crippen LogP contribution >= 0.6 is 0 Å². The first kappa shape index (κ1) is 15.4. The van der Waals surface area contributed by atoms with Gasteiger partial charge >= 0.3 is 5.97 Å². The van der Waals surface area contributed by atoms with Crippen molar-refractivity contribution in [2.45, 2.75) is 71.1 Å². The number of ether oxygens (including phenoxy) is 2. The van der Waals surface area contributed by atoms with Crippen LogP contribution in [0.5, 0.6) is 0 Å². The molecule has 1 fully saturated rings. The monoisotopic (exact) mass is 257 g/mol. The Kier molecular flexibility index (Phi) is 6.09. The maximum atomic E-state index is 11.6. The lowest BCUT2D eigenvalue weighted by atomic mass is 9.85. The summed E-state index contributed by atoms with van der Waals surface area (Å²) in [5.41, 5.74) is -0.00963. The lowest BCUT2D eigenvalue weighted by Crippen LogP contribution is -2.50. The first-order valence-corrected chi connectivity index (χ1v) is 7.13. The van der Waals surface area contributed by atoms with Crippen LogP contribution in [0.25, 0.3) is 0 Å². The largest absolute Gasteiger partial charge is 0.465 e. The number of hydrogen-bond donors (Lipinski definition) is 1. The van der Waals surface area contributed by atoms with Gasteiger partial charge < -0.3 is 14.8 Å². The SMILES string of the molecule is CCOC(=O)C(C)NC1CCOC(CC)(CC)C1. The molecule has 0 bridgehead atoms. The second-order valence-electron chi connectivity index (χ2n) is 5.07. The van der Waals surface area contributed by atoms with Gasteiger partial charge in [0.2, 0.25) is 0 Å². The van der Waals surface area contributed by atoms with Gasteiger partial charge in [0.05, 0.1) is 12.2 Å². The third kappa shape index (κ3) is 3.95. The predicted molar refractivity (Wildman–Crippen MR) is 71.5 cm³/mol. The molecule has 0 aromatic carbocycles. The van der Waals surface area contributed by atoms with Crippen LogP contribution in [0.2, 0.25) is 0 Å². The van der Waals surface area contributed by atoms with Gasteiger partial charge in [-0.25, -0.2) is 0 Å². The summed E-state index contributed by atoms with van der Waals surface area (Å²) >= 11 is 0. The fourth-order valence-electron chi connectivity index (χ4n) is 2.60. The van der Waals surface area contributed by atoms with Crippen molar-refractivity contribution in [2.24, 2.45) is 0 Å². The Morgan fingerprint density at radius 3 is 2.67 bits per heavy atom. The van der Waals surface area contributed by atoms with E-state index in [2.05, 4.69) is 19.2 Å². The average Bonchev–Trinajstić information content (AvgIpc) is 2.39. The van der Waals surface area contributed by atoms with Crippen LogP contribution in [0.15, 0.2) is 0 Å². The summed E-state index contributed by atoms with van der Waals surface area (Å²) in [6.07, 6.45) is 3.99. The summed E-state index contributed by atoms with van der Waals surface area (Å²) in [6.45, 7) is 9.24. The van der Waals surface area contributed by atoms with Crippen LogP contribution in [0.4, 0.5) is 0 Å². The van der Waals surface area contributed by atoms with Gasteiger partial charge in [-0.3, -0.25) is 4.79 Å². The molecule has 1 aliphatic rings. The fraction of sp³-hybridized carbons (Fsp3) is 0.929. The van der Waals surface area contributed by atoms with Gasteiger partial charge in [0.15, 0.2) is 0 Å². The zero-order valence-corrected chi connectivity index (χ0v) is 12.1. The number of esters is 1. The van der Waals surface area contributed by atoms with Gasteiger partial charge in [-0.1, -0.05) is 13.8 Å². The van der Waals surface area contributed by atoms with Gasteiger partial charge in [0.25, 0.3) is 0 Å². The van der Waals surface area contributed by atoms with E-state index in [1.54, 1.807) is 0 Å². The molecule has 18 heavy (non-hydrogen) atoms. The Labute approximate surface area is 110 Å². The van der Waals surface area contributed by atoms with Crippen LogP contribution in [0.1, 0.15) is 53.4 Å². The summed E-state index contributed by atoms with van der Waals surface area (Å²) in [6, 6.07) is 0.109. The number of rotatable bonds is 6. The number of carbonyl (C=O) groups excluding carboxylic acids is 1. The van der Waals surface area contributed by atoms with E-state index >= 15 is 0 Å². The van der Waals surface area contributed by atoms with E-state index in [1.807, 2.05) is 13.8 Å². The van der Waals surface area contributed by atoms with Crippen LogP contribution in [0.3, 0.4) is 0 Å². The van der Waals surface area contributed by atoms with Gasteiger partial charge in [0.1, 0.15) is 6.04 Å². The van der Waals surface area contributed by atoms with Crippen LogP contribution in [-0.4, -0.2) is 36.9 Å². The molecule has 0 amide bonds. The maximum absolute atomic E-state index is 11.6. The molecule has 4 nitrogen and oxygen atoms in total. The molecule has 0 radical (unpaired) electrons. The van der Waals surface area contributed by atoms with E-state index in [1.165, 1.54) is 0 Å². The third-order valence-corrected chi connectivity index (χ3v) is 3.91. The summed E-state index contributed by atoms with van der Waals surface area (Å²) in [5.74, 6) is -0.164. The molecule has 0 aromatic heterocycles. The minimum Gasteiger partial charge on any atom is -0.465 e. The first-order chi connectivity index (χ1) is 8.56. The molecular weight excluding hydrogens is 230 g/mol. The van der Waals surface area contributed by atoms with Crippen molar-refractivity contribution in [3.8, 4) is 0 Å². The Bertz CT molecular complexity index is 264. The van der Waals surface area contributed by atoms with Crippen molar-refractivity contribution in [1.29, 1.82) is 0 Å². The van der Waals surface area contributed by atoms with Gasteiger partial charge in [0, 0.05) is 12.6 Å². The molecule has 4 heteroatoms. The fourth-order valence-corrected chi connectivity index (χ4v) is 2.60. The molecule has 0 saturated carbocycles. The first-order valence-electron chi connectivity index (χ1n) is 7.13. The Morgan fingerprint density at radius 1 is 1.44 bits per heavy atom. The zero-order chi connectivity index (χ0) is 13.6. The van der Waals surface area contributed by atoms with E-state index in [9.17, 15) is 4.79 Å². The molecular formula is C14H27NO3. The van der Waals surface area contributed by atoms with Crippen molar-refractivity contribution in [3.63, 3.8) is 0 Å². The number of nitrogens with one attached hydrogen (secondary N) is 1. The van der Waals surface area contributed by atoms with Gasteiger partial charge in [-0.05, 0) is 39.5 Å². The molecule has 0 spiro atoms. The maximum Gasteiger partial charge on any atom is 0.322 e. The summed E-state index contributed by atoms with van der Waals surface area (Å²) < 4.78 is 10.9. The van der Waals surface area contributed by atoms with E-state index in [-0.39, 0.29) is 17.6 Å². The number of hydrogen-bond acceptors (Lipinski definition) is 4. The highest BCUT2D eigenvalue weighted by molar-refractivity contribution is 5.75. The molecule has 1 rings (SSSR count). The van der Waals surface area contributed by atoms with Gasteiger partial charge in [-0.15, -0.1) is 0 Å². The molecule has 106 valence electrons. The lowest BCUT2D eigenvalue weighted by Gasteiger charge is -2.41. The predicted octanol–water partition coefficient (Wildman–Crippen LogP) is 2.27. The average molecular weight is 257 g/mol. The minimum absolute atomic E-state index is 0.00963. The summed E-state index contributed by atoms with van der Waals surface area (Å²) in [5, 5.41) is 3.37. The molecule has 1 N–H and O–H groups in total. The Hall–Kier alpha value is -0.610. The molecule has 1 aliphatic heterocycles. The summed E-state index contributed by atoms with van der Waals surface area (Å²) in [4.78, 5) is 11.6. The van der Waals surface area contributed by atoms with Crippen LogP contribution < -0.4 is 5.32 Å². The second-order valence-corrected chi connectivity index (χ2v) is 5.07. The normalized spacial score (nSPS) is 24.6. The smallest absolute Gasteiger partial charge is 0.322 e. The standard InChI is InChI=1S/C14H27NO3/c1-5-14(6-2)10-12(8-9-18-14)15-11(4)13(16)17-7-3/h11-12,15H,5-10H2,1-4H3. The molecule has 1 heterocycles. The zero-order valence-electron chi connectivity index (χ0n) is 12.1. The Balaban J connectivity index is 2.49. The molecule has 2 unspecified atom stereocenters.